The minimum atomic E-state index is -1.15. The zero-order chi connectivity index (χ0) is 17.7. The molecule has 8 nitrogen and oxygen atoms in total. The van der Waals surface area contributed by atoms with E-state index in [9.17, 15) is 24.3 Å². The van der Waals surface area contributed by atoms with Crippen molar-refractivity contribution in [1.82, 2.24) is 14.5 Å². The van der Waals surface area contributed by atoms with Gasteiger partial charge in [0.05, 0.1) is 0 Å². The van der Waals surface area contributed by atoms with Crippen molar-refractivity contribution in [3.05, 3.63) is 69.0 Å². The summed E-state index contributed by atoms with van der Waals surface area (Å²) in [7, 11) is 0. The Hall–Kier alpha value is -3.16. The molecule has 0 saturated heterocycles. The van der Waals surface area contributed by atoms with Crippen molar-refractivity contribution < 1.29 is 14.7 Å². The van der Waals surface area contributed by atoms with Crippen LogP contribution in [-0.2, 0) is 22.7 Å². The van der Waals surface area contributed by atoms with Crippen LogP contribution in [0.2, 0.25) is 0 Å². The van der Waals surface area contributed by atoms with Crippen LogP contribution >= 0.6 is 0 Å². The molecule has 0 aliphatic carbocycles. The maximum Gasteiger partial charge on any atom is 0.328 e. The Kier molecular flexibility index (Phi) is 5.31. The number of nitrogens with zero attached hydrogens (tertiary/aromatic N) is 2. The first-order valence-corrected chi connectivity index (χ1v) is 7.24. The number of carboxylic acids is 1. The first-order chi connectivity index (χ1) is 11.4. The lowest BCUT2D eigenvalue weighted by atomic mass is 10.1. The Morgan fingerprint density at radius 3 is 2.46 bits per heavy atom. The van der Waals surface area contributed by atoms with Crippen LogP contribution in [0.15, 0.2) is 52.2 Å². The number of amides is 1. The molecule has 2 rings (SSSR count). The lowest BCUT2D eigenvalue weighted by Crippen LogP contribution is -2.45. The van der Waals surface area contributed by atoms with E-state index in [1.54, 1.807) is 24.3 Å². The van der Waals surface area contributed by atoms with Crippen molar-refractivity contribution in [2.45, 2.75) is 26.1 Å². The van der Waals surface area contributed by atoms with Gasteiger partial charge in [-0.15, -0.1) is 0 Å². The number of H-pyrrole nitrogens is 1. The Morgan fingerprint density at radius 2 is 1.88 bits per heavy atom. The number of carbonyl (C=O) groups is 2. The minimum absolute atomic E-state index is 0.102. The Bertz CT molecular complexity index is 841. The van der Waals surface area contributed by atoms with Gasteiger partial charge in [-0.2, -0.15) is 0 Å². The van der Waals surface area contributed by atoms with E-state index in [1.165, 1.54) is 18.0 Å². The van der Waals surface area contributed by atoms with Gasteiger partial charge in [-0.1, -0.05) is 30.3 Å². The zero-order valence-corrected chi connectivity index (χ0v) is 13.0. The smallest absolute Gasteiger partial charge is 0.328 e. The average Bonchev–Trinajstić information content (AvgIpc) is 2.55. The Balaban J connectivity index is 2.25. The maximum absolute atomic E-state index is 12.5. The zero-order valence-electron chi connectivity index (χ0n) is 13.0. The first kappa shape index (κ1) is 17.2. The van der Waals surface area contributed by atoms with Crippen molar-refractivity contribution in [3.8, 4) is 0 Å². The molecular weight excluding hydrogens is 314 g/mol. The Labute approximate surface area is 137 Å². The number of hydrogen-bond acceptors (Lipinski definition) is 4. The van der Waals surface area contributed by atoms with Crippen molar-refractivity contribution >= 4 is 11.9 Å². The summed E-state index contributed by atoms with van der Waals surface area (Å²) in [5.41, 5.74) is -0.519. The number of hydrogen-bond donors (Lipinski definition) is 2. The highest BCUT2D eigenvalue weighted by molar-refractivity contribution is 5.83. The average molecular weight is 331 g/mol. The third-order valence-corrected chi connectivity index (χ3v) is 3.54. The fourth-order valence-corrected chi connectivity index (χ4v) is 2.16. The number of nitrogens with one attached hydrogen (secondary N) is 1. The molecule has 1 aromatic heterocycles. The van der Waals surface area contributed by atoms with Crippen LogP contribution < -0.4 is 11.2 Å². The van der Waals surface area contributed by atoms with E-state index in [4.69, 9.17) is 0 Å². The van der Waals surface area contributed by atoms with Crippen LogP contribution in [0.5, 0.6) is 0 Å². The summed E-state index contributed by atoms with van der Waals surface area (Å²) in [6.07, 6.45) is 1.20. The molecule has 0 aliphatic heterocycles. The second-order valence-electron chi connectivity index (χ2n) is 5.26. The maximum atomic E-state index is 12.5. The molecule has 2 aromatic rings. The molecule has 1 heterocycles. The predicted molar refractivity (Wildman–Crippen MR) is 85.4 cm³/mol. The number of aromatic nitrogens is 2. The topological polar surface area (TPSA) is 112 Å². The summed E-state index contributed by atoms with van der Waals surface area (Å²) in [6, 6.07) is 9.01. The number of carboxylic acid groups (broad SMARTS) is 1. The van der Waals surface area contributed by atoms with E-state index in [-0.39, 0.29) is 13.1 Å². The summed E-state index contributed by atoms with van der Waals surface area (Å²) in [6.45, 7) is 1.14. The fourth-order valence-electron chi connectivity index (χ4n) is 2.16. The van der Waals surface area contributed by atoms with E-state index in [0.29, 0.717) is 0 Å². The molecule has 0 spiro atoms. The van der Waals surface area contributed by atoms with E-state index in [1.807, 2.05) is 11.1 Å². The van der Waals surface area contributed by atoms with Crippen LogP contribution in [-0.4, -0.2) is 37.5 Å². The van der Waals surface area contributed by atoms with Crippen LogP contribution in [0.1, 0.15) is 12.5 Å². The summed E-state index contributed by atoms with van der Waals surface area (Å²) in [4.78, 5) is 49.8. The van der Waals surface area contributed by atoms with Gasteiger partial charge < -0.3 is 10.0 Å². The van der Waals surface area contributed by atoms with Gasteiger partial charge in [-0.05, 0) is 12.5 Å². The van der Waals surface area contributed by atoms with E-state index in [2.05, 4.69) is 0 Å². The number of rotatable bonds is 6. The minimum Gasteiger partial charge on any atom is -0.480 e. The summed E-state index contributed by atoms with van der Waals surface area (Å²) in [5, 5.41) is 9.23. The molecule has 0 aliphatic rings. The second-order valence-corrected chi connectivity index (χ2v) is 5.26. The van der Waals surface area contributed by atoms with Crippen molar-refractivity contribution in [3.63, 3.8) is 0 Å². The third-order valence-electron chi connectivity index (χ3n) is 3.54. The van der Waals surface area contributed by atoms with Gasteiger partial charge >= 0.3 is 11.7 Å². The van der Waals surface area contributed by atoms with E-state index < -0.39 is 29.2 Å². The van der Waals surface area contributed by atoms with Crippen molar-refractivity contribution in [2.75, 3.05) is 0 Å². The number of carbonyl (C=O) groups excluding carboxylic acids is 1. The summed E-state index contributed by atoms with van der Waals surface area (Å²) >= 11 is 0. The van der Waals surface area contributed by atoms with Crippen LogP contribution in [0.3, 0.4) is 0 Å². The van der Waals surface area contributed by atoms with E-state index >= 15 is 0 Å². The highest BCUT2D eigenvalue weighted by Crippen LogP contribution is 2.10. The third kappa shape index (κ3) is 4.19. The Morgan fingerprint density at radius 1 is 1.21 bits per heavy atom. The fraction of sp³-hybridized carbons (Fsp3) is 0.250. The highest BCUT2D eigenvalue weighted by atomic mass is 16.4. The predicted octanol–water partition coefficient (Wildman–Crippen LogP) is 0.0385. The molecular formula is C16H17N3O5. The second kappa shape index (κ2) is 7.40. The molecule has 0 fully saturated rings. The molecule has 1 amide bonds. The number of aromatic amines is 1. The van der Waals surface area contributed by atoms with E-state index in [0.717, 1.165) is 16.2 Å². The van der Waals surface area contributed by atoms with Gasteiger partial charge in [0.2, 0.25) is 5.91 Å². The van der Waals surface area contributed by atoms with Gasteiger partial charge in [0.15, 0.2) is 0 Å². The van der Waals surface area contributed by atoms with Crippen molar-refractivity contribution in [1.29, 1.82) is 0 Å². The molecule has 0 radical (unpaired) electrons. The molecule has 1 aromatic carbocycles. The molecule has 2 N–H and O–H groups in total. The van der Waals surface area contributed by atoms with Crippen LogP contribution in [0.4, 0.5) is 0 Å². The van der Waals surface area contributed by atoms with Crippen LogP contribution in [0.25, 0.3) is 0 Å². The lowest BCUT2D eigenvalue weighted by Gasteiger charge is -2.27. The molecule has 1 unspecified atom stereocenters. The molecule has 126 valence electrons. The van der Waals surface area contributed by atoms with Crippen LogP contribution in [0, 0.1) is 0 Å². The van der Waals surface area contributed by atoms with Gasteiger partial charge in [0, 0.05) is 18.8 Å². The molecule has 0 saturated carbocycles. The quantitative estimate of drug-likeness (QED) is 0.776. The summed E-state index contributed by atoms with van der Waals surface area (Å²) in [5.74, 6) is -1.68. The first-order valence-electron chi connectivity index (χ1n) is 7.24. The van der Waals surface area contributed by atoms with Gasteiger partial charge in [-0.3, -0.25) is 19.1 Å². The monoisotopic (exact) mass is 331 g/mol. The number of aliphatic carboxylic acids is 1. The molecule has 1 atom stereocenters. The highest BCUT2D eigenvalue weighted by Gasteiger charge is 2.26. The summed E-state index contributed by atoms with van der Waals surface area (Å²) < 4.78 is 1.02. The largest absolute Gasteiger partial charge is 0.480 e. The SMILES string of the molecule is CC(C(=O)O)N(Cc1ccccc1)C(=O)Cn1ccc(=O)[nH]c1=O. The van der Waals surface area contributed by atoms with Crippen molar-refractivity contribution in [2.24, 2.45) is 0 Å². The molecule has 0 bridgehead atoms. The van der Waals surface area contributed by atoms with Gasteiger partial charge in [0.1, 0.15) is 12.6 Å². The van der Waals surface area contributed by atoms with Gasteiger partial charge in [0.25, 0.3) is 5.56 Å². The lowest BCUT2D eigenvalue weighted by molar-refractivity contribution is -0.150. The molecule has 8 heteroatoms. The number of benzene rings is 1. The molecule has 24 heavy (non-hydrogen) atoms. The standard InChI is InChI=1S/C16H17N3O5/c1-11(15(22)23)19(9-12-5-3-2-4-6-12)14(21)10-18-8-7-13(20)17-16(18)24/h2-8,11H,9-10H2,1H3,(H,22,23)(H,17,20,24). The normalized spacial score (nSPS) is 11.7. The van der Waals surface area contributed by atoms with Gasteiger partial charge in [-0.25, -0.2) is 9.59 Å².